The highest BCUT2D eigenvalue weighted by atomic mass is 35.5. The van der Waals surface area contributed by atoms with Crippen molar-refractivity contribution in [2.45, 2.75) is 0 Å². The second kappa shape index (κ2) is 12.1. The monoisotopic (exact) mass is 709 g/mol. The lowest BCUT2D eigenvalue weighted by Gasteiger charge is -2.12. The maximum atomic E-state index is 6.64. The molecule has 0 amide bonds. The number of fused-ring (bicyclic) bond motifs is 9. The Morgan fingerprint density at radius 3 is 1.93 bits per heavy atom. The Bertz CT molecular complexity index is 3310. The van der Waals surface area contributed by atoms with Crippen molar-refractivity contribution in [2.24, 2.45) is 0 Å². The van der Waals surface area contributed by atoms with Crippen LogP contribution in [-0.4, -0.2) is 15.0 Å². The van der Waals surface area contributed by atoms with Gasteiger partial charge in [0.15, 0.2) is 11.6 Å². The molecule has 0 N–H and O–H groups in total. The first kappa shape index (κ1) is 30.7. The van der Waals surface area contributed by atoms with Gasteiger partial charge < -0.3 is 4.42 Å². The van der Waals surface area contributed by atoms with Crippen LogP contribution in [0.3, 0.4) is 0 Å². The highest BCUT2D eigenvalue weighted by Crippen LogP contribution is 2.40. The van der Waals surface area contributed by atoms with Gasteiger partial charge in [-0.2, -0.15) is 9.97 Å². The number of halogens is 1. The topological polar surface area (TPSA) is 51.8 Å². The molecule has 11 rings (SSSR count). The molecule has 9 aromatic carbocycles. The lowest BCUT2D eigenvalue weighted by atomic mass is 9.91. The number of hydrogen-bond donors (Lipinski definition) is 0. The zero-order chi connectivity index (χ0) is 35.8. The van der Waals surface area contributed by atoms with Crippen molar-refractivity contribution in [1.82, 2.24) is 15.0 Å². The van der Waals surface area contributed by atoms with E-state index in [9.17, 15) is 0 Å². The SMILES string of the molecule is Clc1nc(-c2cccc(-c3ccc4ccc(-c5cc6ccccc6c6ccccc56)cc4c3)c2)nc(-c2cccc3oc4c5ccccc5ccc4c23)n1. The number of aromatic nitrogens is 3. The van der Waals surface area contributed by atoms with Gasteiger partial charge in [-0.25, -0.2) is 4.98 Å². The van der Waals surface area contributed by atoms with Crippen LogP contribution in [0.1, 0.15) is 0 Å². The zero-order valence-corrected chi connectivity index (χ0v) is 29.5. The summed E-state index contributed by atoms with van der Waals surface area (Å²) in [6.45, 7) is 0. The van der Waals surface area contributed by atoms with Gasteiger partial charge in [0.1, 0.15) is 11.2 Å². The molecule has 0 fully saturated rings. The zero-order valence-electron chi connectivity index (χ0n) is 28.8. The van der Waals surface area contributed by atoms with E-state index in [-0.39, 0.29) is 5.28 Å². The van der Waals surface area contributed by atoms with Crippen molar-refractivity contribution < 1.29 is 4.42 Å². The Hall–Kier alpha value is -6.88. The predicted molar refractivity (Wildman–Crippen MR) is 224 cm³/mol. The number of furan rings is 1. The van der Waals surface area contributed by atoms with E-state index in [1.165, 1.54) is 43.4 Å². The Kier molecular flexibility index (Phi) is 6.88. The summed E-state index contributed by atoms with van der Waals surface area (Å²) in [7, 11) is 0. The molecule has 5 heteroatoms. The van der Waals surface area contributed by atoms with Crippen LogP contribution in [0.5, 0.6) is 0 Å². The van der Waals surface area contributed by atoms with Crippen LogP contribution in [0.25, 0.3) is 110 Å². The molecular formula is C49H28ClN3O. The molecule has 252 valence electrons. The van der Waals surface area contributed by atoms with E-state index in [0.29, 0.717) is 11.6 Å². The van der Waals surface area contributed by atoms with Crippen LogP contribution < -0.4 is 0 Å². The van der Waals surface area contributed by atoms with Gasteiger partial charge in [0.25, 0.3) is 0 Å². The van der Waals surface area contributed by atoms with E-state index in [0.717, 1.165) is 55.0 Å². The molecule has 0 unspecified atom stereocenters. The molecule has 0 saturated carbocycles. The molecule has 0 aliphatic rings. The van der Waals surface area contributed by atoms with Crippen LogP contribution in [-0.2, 0) is 0 Å². The van der Waals surface area contributed by atoms with E-state index < -0.39 is 0 Å². The van der Waals surface area contributed by atoms with Gasteiger partial charge in [0.2, 0.25) is 5.28 Å². The summed E-state index contributed by atoms with van der Waals surface area (Å²) < 4.78 is 6.43. The Morgan fingerprint density at radius 1 is 0.370 bits per heavy atom. The van der Waals surface area contributed by atoms with E-state index in [1.54, 1.807) is 0 Å². The van der Waals surface area contributed by atoms with E-state index in [2.05, 4.69) is 137 Å². The normalized spacial score (nSPS) is 11.8. The minimum absolute atomic E-state index is 0.134. The highest BCUT2D eigenvalue weighted by Gasteiger charge is 2.18. The van der Waals surface area contributed by atoms with Gasteiger partial charge in [-0.3, -0.25) is 0 Å². The minimum atomic E-state index is 0.134. The lowest BCUT2D eigenvalue weighted by molar-refractivity contribution is 0.672. The van der Waals surface area contributed by atoms with Gasteiger partial charge in [-0.15, -0.1) is 0 Å². The highest BCUT2D eigenvalue weighted by molar-refractivity contribution is 6.28. The average molecular weight is 710 g/mol. The fraction of sp³-hybridized carbons (Fsp3) is 0. The van der Waals surface area contributed by atoms with Crippen LogP contribution >= 0.6 is 11.6 Å². The lowest BCUT2D eigenvalue weighted by Crippen LogP contribution is -1.97. The summed E-state index contributed by atoms with van der Waals surface area (Å²) in [5.74, 6) is 1.00. The maximum absolute atomic E-state index is 6.64. The average Bonchev–Trinajstić information content (AvgIpc) is 3.62. The standard InChI is InChI=1S/C49H28ClN3O/c50-49-52-47(51-48(53-49)42-17-8-18-44-45(42)41-24-23-30-9-1-4-14-38(30)46(41)54-44)35-12-7-11-31(25-35)32-21-19-29-20-22-34(27-36(29)26-32)43-28-33-10-2-3-13-37(33)39-15-5-6-16-40(39)43/h1-28H. The number of nitrogens with zero attached hydrogens (tertiary/aromatic N) is 3. The van der Waals surface area contributed by atoms with Crippen molar-refractivity contribution in [3.05, 3.63) is 175 Å². The molecule has 0 atom stereocenters. The fourth-order valence-electron chi connectivity index (χ4n) is 8.06. The molecular weight excluding hydrogens is 682 g/mol. The van der Waals surface area contributed by atoms with Crippen molar-refractivity contribution in [2.75, 3.05) is 0 Å². The second-order valence-corrected chi connectivity index (χ2v) is 14.1. The Balaban J connectivity index is 0.998. The number of hydrogen-bond acceptors (Lipinski definition) is 4. The van der Waals surface area contributed by atoms with E-state index >= 15 is 0 Å². The van der Waals surface area contributed by atoms with Gasteiger partial charge in [-0.05, 0) is 108 Å². The predicted octanol–water partition coefficient (Wildman–Crippen LogP) is 13.7. The molecule has 0 aliphatic carbocycles. The summed E-state index contributed by atoms with van der Waals surface area (Å²) in [5, 5.41) is 11.7. The summed E-state index contributed by atoms with van der Waals surface area (Å²) in [4.78, 5) is 14.2. The number of rotatable bonds is 4. The summed E-state index contributed by atoms with van der Waals surface area (Å²) in [6, 6.07) is 59.8. The van der Waals surface area contributed by atoms with Gasteiger partial charge in [0, 0.05) is 27.3 Å². The van der Waals surface area contributed by atoms with E-state index in [4.69, 9.17) is 21.0 Å². The Labute approximate surface area is 315 Å². The van der Waals surface area contributed by atoms with Crippen molar-refractivity contribution in [1.29, 1.82) is 0 Å². The van der Waals surface area contributed by atoms with Crippen LogP contribution in [0.2, 0.25) is 5.28 Å². The first-order valence-corrected chi connectivity index (χ1v) is 18.3. The molecule has 4 nitrogen and oxygen atoms in total. The summed E-state index contributed by atoms with van der Waals surface area (Å²) in [5.41, 5.74) is 7.89. The van der Waals surface area contributed by atoms with Gasteiger partial charge in [-0.1, -0.05) is 133 Å². The minimum Gasteiger partial charge on any atom is -0.455 e. The van der Waals surface area contributed by atoms with E-state index in [1.807, 2.05) is 42.5 Å². The smallest absolute Gasteiger partial charge is 0.226 e. The molecule has 0 bridgehead atoms. The maximum Gasteiger partial charge on any atom is 0.226 e. The molecule has 2 heterocycles. The Morgan fingerprint density at radius 2 is 1.04 bits per heavy atom. The van der Waals surface area contributed by atoms with Crippen molar-refractivity contribution >= 4 is 76.6 Å². The van der Waals surface area contributed by atoms with Crippen LogP contribution in [0, 0.1) is 0 Å². The number of benzene rings is 9. The second-order valence-electron chi connectivity index (χ2n) is 13.7. The third kappa shape index (κ3) is 4.96. The molecule has 0 saturated heterocycles. The molecule has 0 aliphatic heterocycles. The molecule has 0 radical (unpaired) electrons. The summed E-state index contributed by atoms with van der Waals surface area (Å²) >= 11 is 6.64. The largest absolute Gasteiger partial charge is 0.455 e. The first-order chi connectivity index (χ1) is 26.6. The third-order valence-electron chi connectivity index (χ3n) is 10.6. The molecule has 0 spiro atoms. The van der Waals surface area contributed by atoms with Crippen LogP contribution in [0.4, 0.5) is 0 Å². The fourth-order valence-corrected chi connectivity index (χ4v) is 8.22. The van der Waals surface area contributed by atoms with Crippen molar-refractivity contribution in [3.8, 4) is 45.0 Å². The first-order valence-electron chi connectivity index (χ1n) is 18.0. The quantitative estimate of drug-likeness (QED) is 0.171. The third-order valence-corrected chi connectivity index (χ3v) is 10.8. The summed E-state index contributed by atoms with van der Waals surface area (Å²) in [6.07, 6.45) is 0. The van der Waals surface area contributed by atoms with Crippen LogP contribution in [0.15, 0.2) is 174 Å². The van der Waals surface area contributed by atoms with Crippen molar-refractivity contribution in [3.63, 3.8) is 0 Å². The molecule has 2 aromatic heterocycles. The van der Waals surface area contributed by atoms with Gasteiger partial charge >= 0.3 is 0 Å². The van der Waals surface area contributed by atoms with Gasteiger partial charge in [0.05, 0.1) is 0 Å². The molecule has 11 aromatic rings. The molecule has 54 heavy (non-hydrogen) atoms.